The summed E-state index contributed by atoms with van der Waals surface area (Å²) in [7, 11) is 4.73. The molecule has 0 fully saturated rings. The van der Waals surface area contributed by atoms with Crippen molar-refractivity contribution in [2.24, 2.45) is 0 Å². The van der Waals surface area contributed by atoms with Gasteiger partial charge < -0.3 is 14.2 Å². The highest BCUT2D eigenvalue weighted by molar-refractivity contribution is 5.49. The van der Waals surface area contributed by atoms with Crippen LogP contribution in [0.3, 0.4) is 0 Å². The maximum atomic E-state index is 9.05. The van der Waals surface area contributed by atoms with E-state index in [4.69, 9.17) is 19.5 Å². The largest absolute Gasteiger partial charge is 0.497 e. The maximum absolute atomic E-state index is 9.05. The van der Waals surface area contributed by atoms with Crippen LogP contribution in [0.1, 0.15) is 11.1 Å². The fourth-order valence-corrected chi connectivity index (χ4v) is 2.55. The molecule has 2 atom stereocenters. The SMILES string of the molecule is COC1=CC=CC(OC)C1(C#C/C=C\C#Cc1ccccc1C#N)OC. The summed E-state index contributed by atoms with van der Waals surface area (Å²) in [5.41, 5.74) is 0.218. The summed E-state index contributed by atoms with van der Waals surface area (Å²) in [4.78, 5) is 0. The van der Waals surface area contributed by atoms with Gasteiger partial charge in [0.25, 0.3) is 0 Å². The summed E-state index contributed by atoms with van der Waals surface area (Å²) in [6.07, 6.45) is 8.38. The topological polar surface area (TPSA) is 51.5 Å². The van der Waals surface area contributed by atoms with Crippen molar-refractivity contribution in [1.29, 1.82) is 5.26 Å². The second-order valence-corrected chi connectivity index (χ2v) is 5.25. The van der Waals surface area contributed by atoms with Gasteiger partial charge in [-0.3, -0.25) is 0 Å². The van der Waals surface area contributed by atoms with Gasteiger partial charge in [0.1, 0.15) is 17.9 Å². The van der Waals surface area contributed by atoms with E-state index in [0.717, 1.165) is 0 Å². The summed E-state index contributed by atoms with van der Waals surface area (Å²) >= 11 is 0. The monoisotopic (exact) mass is 345 g/mol. The molecular weight excluding hydrogens is 326 g/mol. The Balaban J connectivity index is 2.21. The van der Waals surface area contributed by atoms with E-state index >= 15 is 0 Å². The molecule has 0 aliphatic heterocycles. The van der Waals surface area contributed by atoms with Crippen LogP contribution in [-0.4, -0.2) is 33.0 Å². The molecule has 0 amide bonds. The van der Waals surface area contributed by atoms with Gasteiger partial charge in [0, 0.05) is 19.8 Å². The Hall–Kier alpha value is -3.23. The summed E-state index contributed by atoms with van der Waals surface area (Å²) in [5, 5.41) is 9.05. The lowest BCUT2D eigenvalue weighted by Crippen LogP contribution is -2.46. The summed E-state index contributed by atoms with van der Waals surface area (Å²) in [6, 6.07) is 9.30. The molecule has 0 saturated carbocycles. The van der Waals surface area contributed by atoms with Crippen molar-refractivity contribution in [3.05, 3.63) is 71.5 Å². The molecule has 0 bridgehead atoms. The molecular formula is C22H19NO3. The Kier molecular flexibility index (Phi) is 6.84. The van der Waals surface area contributed by atoms with Crippen molar-refractivity contribution in [2.75, 3.05) is 21.3 Å². The van der Waals surface area contributed by atoms with E-state index in [1.165, 1.54) is 0 Å². The second-order valence-electron chi connectivity index (χ2n) is 5.25. The molecule has 1 aliphatic rings. The van der Waals surface area contributed by atoms with Crippen LogP contribution in [0.5, 0.6) is 0 Å². The van der Waals surface area contributed by atoms with E-state index in [-0.39, 0.29) is 6.10 Å². The van der Waals surface area contributed by atoms with E-state index in [9.17, 15) is 0 Å². The third-order valence-electron chi connectivity index (χ3n) is 3.86. The lowest BCUT2D eigenvalue weighted by Gasteiger charge is -2.35. The van der Waals surface area contributed by atoms with Gasteiger partial charge in [-0.25, -0.2) is 0 Å². The Labute approximate surface area is 154 Å². The molecule has 26 heavy (non-hydrogen) atoms. The smallest absolute Gasteiger partial charge is 0.215 e. The minimum absolute atomic E-state index is 0.387. The minimum atomic E-state index is -1.01. The average Bonchev–Trinajstić information content (AvgIpc) is 2.70. The summed E-state index contributed by atoms with van der Waals surface area (Å²) in [5.74, 6) is 12.4. The zero-order chi connectivity index (χ0) is 18.8. The highest BCUT2D eigenvalue weighted by atomic mass is 16.6. The molecule has 0 heterocycles. The van der Waals surface area contributed by atoms with Crippen molar-refractivity contribution in [2.45, 2.75) is 11.7 Å². The standard InChI is InChI=1S/C22H19NO3/c1-24-20-14-10-15-21(25-2)22(20,26-3)16-9-5-4-6-11-18-12-7-8-13-19(18)17-23/h4-5,7-8,10,12-15,20H,1-3H3/b5-4-. The van der Waals surface area contributed by atoms with Crippen LogP contribution >= 0.6 is 0 Å². The molecule has 0 N–H and O–H groups in total. The number of ether oxygens (including phenoxy) is 3. The van der Waals surface area contributed by atoms with Crippen LogP contribution in [0.2, 0.25) is 0 Å². The first-order chi connectivity index (χ1) is 12.7. The van der Waals surface area contributed by atoms with Gasteiger partial charge in [-0.1, -0.05) is 48.0 Å². The molecule has 2 unspecified atom stereocenters. The van der Waals surface area contributed by atoms with Gasteiger partial charge in [0.05, 0.1) is 12.7 Å². The first kappa shape index (κ1) is 19.1. The van der Waals surface area contributed by atoms with Crippen LogP contribution in [0.15, 0.2) is 60.4 Å². The quantitative estimate of drug-likeness (QED) is 0.791. The van der Waals surface area contributed by atoms with Gasteiger partial charge in [0.2, 0.25) is 5.60 Å². The Morgan fingerprint density at radius 2 is 1.81 bits per heavy atom. The molecule has 0 radical (unpaired) electrons. The van der Waals surface area contributed by atoms with Crippen molar-refractivity contribution in [3.63, 3.8) is 0 Å². The third kappa shape index (κ3) is 4.05. The van der Waals surface area contributed by atoms with Crippen LogP contribution in [0.25, 0.3) is 0 Å². The van der Waals surface area contributed by atoms with E-state index in [1.54, 1.807) is 57.8 Å². The fraction of sp³-hybridized carbons (Fsp3) is 0.227. The van der Waals surface area contributed by atoms with Crippen LogP contribution in [-0.2, 0) is 14.2 Å². The van der Waals surface area contributed by atoms with Crippen LogP contribution in [0, 0.1) is 35.0 Å². The normalized spacial score (nSPS) is 21.0. The first-order valence-electron chi connectivity index (χ1n) is 7.91. The molecule has 4 heteroatoms. The third-order valence-corrected chi connectivity index (χ3v) is 3.86. The van der Waals surface area contributed by atoms with Crippen LogP contribution in [0.4, 0.5) is 0 Å². The number of methoxy groups -OCH3 is 3. The minimum Gasteiger partial charge on any atom is -0.497 e. The lowest BCUT2D eigenvalue weighted by molar-refractivity contribution is -0.0628. The molecule has 4 nitrogen and oxygen atoms in total. The van der Waals surface area contributed by atoms with Crippen molar-refractivity contribution < 1.29 is 14.2 Å². The molecule has 2 rings (SSSR count). The highest BCUT2D eigenvalue weighted by Crippen LogP contribution is 2.31. The summed E-state index contributed by atoms with van der Waals surface area (Å²) < 4.78 is 16.5. The van der Waals surface area contributed by atoms with Gasteiger partial charge in [-0.15, -0.1) is 0 Å². The maximum Gasteiger partial charge on any atom is 0.215 e. The van der Waals surface area contributed by atoms with E-state index < -0.39 is 5.60 Å². The van der Waals surface area contributed by atoms with Crippen molar-refractivity contribution >= 4 is 0 Å². The number of benzene rings is 1. The summed E-state index contributed by atoms with van der Waals surface area (Å²) in [6.45, 7) is 0. The molecule has 1 aromatic rings. The van der Waals surface area contributed by atoms with Gasteiger partial charge in [0.15, 0.2) is 0 Å². The highest BCUT2D eigenvalue weighted by Gasteiger charge is 2.43. The number of nitriles is 1. The molecule has 1 aliphatic carbocycles. The van der Waals surface area contributed by atoms with E-state index in [2.05, 4.69) is 29.8 Å². The van der Waals surface area contributed by atoms with E-state index in [1.807, 2.05) is 18.2 Å². The number of hydrogen-bond donors (Lipinski definition) is 0. The molecule has 0 aromatic heterocycles. The van der Waals surface area contributed by atoms with Gasteiger partial charge in [-0.05, 0) is 30.4 Å². The van der Waals surface area contributed by atoms with Gasteiger partial charge >= 0.3 is 0 Å². The van der Waals surface area contributed by atoms with Crippen molar-refractivity contribution in [1.82, 2.24) is 0 Å². The molecule has 0 spiro atoms. The number of allylic oxidation sites excluding steroid dienone is 4. The second kappa shape index (κ2) is 9.30. The lowest BCUT2D eigenvalue weighted by atomic mass is 9.90. The van der Waals surface area contributed by atoms with Crippen LogP contribution < -0.4 is 0 Å². The predicted molar refractivity (Wildman–Crippen MR) is 99.7 cm³/mol. The Morgan fingerprint density at radius 3 is 2.46 bits per heavy atom. The predicted octanol–water partition coefficient (Wildman–Crippen LogP) is 2.97. The first-order valence-corrected chi connectivity index (χ1v) is 7.91. The van der Waals surface area contributed by atoms with Crippen molar-refractivity contribution in [3.8, 4) is 29.8 Å². The average molecular weight is 345 g/mol. The van der Waals surface area contributed by atoms with E-state index in [0.29, 0.717) is 16.9 Å². The Morgan fingerprint density at radius 1 is 1.08 bits per heavy atom. The number of nitrogens with zero attached hydrogens (tertiary/aromatic N) is 1. The number of rotatable bonds is 3. The Bertz CT molecular complexity index is 897. The fourth-order valence-electron chi connectivity index (χ4n) is 2.55. The zero-order valence-electron chi connectivity index (χ0n) is 14.9. The molecule has 130 valence electrons. The molecule has 1 aromatic carbocycles. The van der Waals surface area contributed by atoms with Gasteiger partial charge in [-0.2, -0.15) is 5.26 Å². The number of hydrogen-bond acceptors (Lipinski definition) is 4. The zero-order valence-corrected chi connectivity index (χ0v) is 14.9. The molecule has 0 saturated heterocycles.